The summed E-state index contributed by atoms with van der Waals surface area (Å²) in [5.41, 5.74) is 1.99. The lowest BCUT2D eigenvalue weighted by Gasteiger charge is -2.09. The van der Waals surface area contributed by atoms with Gasteiger partial charge in [0.2, 0.25) is 0 Å². The molecule has 21 heavy (non-hydrogen) atoms. The Morgan fingerprint density at radius 3 is 2.62 bits per heavy atom. The molecular formula is C14H17FN2O3S. The predicted molar refractivity (Wildman–Crippen MR) is 78.4 cm³/mol. The van der Waals surface area contributed by atoms with Crippen molar-refractivity contribution in [2.75, 3.05) is 5.32 Å². The maximum atomic E-state index is 13.2. The van der Waals surface area contributed by atoms with E-state index in [0.29, 0.717) is 24.3 Å². The van der Waals surface area contributed by atoms with Gasteiger partial charge < -0.3 is 9.88 Å². The van der Waals surface area contributed by atoms with Crippen LogP contribution in [0, 0.1) is 12.7 Å². The summed E-state index contributed by atoms with van der Waals surface area (Å²) < 4.78 is 46.3. The number of hydrogen-bond donors (Lipinski definition) is 2. The molecule has 0 amide bonds. The van der Waals surface area contributed by atoms with Crippen LogP contribution < -0.4 is 5.32 Å². The van der Waals surface area contributed by atoms with E-state index < -0.39 is 10.1 Å². The number of anilines is 1. The average Bonchev–Trinajstić information content (AvgIpc) is 2.83. The molecule has 0 saturated carbocycles. The Balaban J connectivity index is 2.19. The van der Waals surface area contributed by atoms with Gasteiger partial charge in [-0.15, -0.1) is 0 Å². The second-order valence-electron chi connectivity index (χ2n) is 4.75. The molecule has 1 aromatic carbocycles. The highest BCUT2D eigenvalue weighted by molar-refractivity contribution is 7.85. The van der Waals surface area contributed by atoms with E-state index in [1.807, 2.05) is 6.92 Å². The standard InChI is InChI=1S/C14H17FN2O3S/c1-3-17-9-13(21(18,19)20)7-12(17)8-16-11-4-5-14(15)10(2)6-11/h4-7,9,16H,3,8H2,1-2H3,(H,18,19,20). The first-order valence-electron chi connectivity index (χ1n) is 6.48. The van der Waals surface area contributed by atoms with Crippen molar-refractivity contribution in [2.45, 2.75) is 31.8 Å². The van der Waals surface area contributed by atoms with Crippen molar-refractivity contribution in [3.63, 3.8) is 0 Å². The third-order valence-electron chi connectivity index (χ3n) is 3.23. The number of benzene rings is 1. The van der Waals surface area contributed by atoms with Gasteiger partial charge in [-0.25, -0.2) is 4.39 Å². The van der Waals surface area contributed by atoms with Crippen molar-refractivity contribution in [2.24, 2.45) is 0 Å². The predicted octanol–water partition coefficient (Wildman–Crippen LogP) is 2.81. The van der Waals surface area contributed by atoms with Crippen molar-refractivity contribution >= 4 is 15.8 Å². The molecule has 0 fully saturated rings. The van der Waals surface area contributed by atoms with Gasteiger partial charge in [-0.05, 0) is 43.7 Å². The van der Waals surface area contributed by atoms with E-state index in [4.69, 9.17) is 4.55 Å². The molecule has 0 unspecified atom stereocenters. The van der Waals surface area contributed by atoms with Crippen molar-refractivity contribution in [3.05, 3.63) is 47.5 Å². The molecule has 114 valence electrons. The first kappa shape index (κ1) is 15.5. The average molecular weight is 312 g/mol. The zero-order valence-corrected chi connectivity index (χ0v) is 12.6. The number of aromatic nitrogens is 1. The fourth-order valence-corrected chi connectivity index (χ4v) is 2.60. The van der Waals surface area contributed by atoms with Crippen molar-refractivity contribution < 1.29 is 17.4 Å². The highest BCUT2D eigenvalue weighted by atomic mass is 32.2. The van der Waals surface area contributed by atoms with Crippen LogP contribution in [-0.2, 0) is 23.2 Å². The maximum absolute atomic E-state index is 13.2. The third kappa shape index (κ3) is 3.62. The van der Waals surface area contributed by atoms with Gasteiger partial charge in [0.15, 0.2) is 0 Å². The van der Waals surface area contributed by atoms with Crippen LogP contribution in [0.4, 0.5) is 10.1 Å². The van der Waals surface area contributed by atoms with Gasteiger partial charge in [0.1, 0.15) is 10.7 Å². The quantitative estimate of drug-likeness (QED) is 0.833. The number of aryl methyl sites for hydroxylation is 2. The zero-order chi connectivity index (χ0) is 15.6. The topological polar surface area (TPSA) is 71.3 Å². The van der Waals surface area contributed by atoms with E-state index in [9.17, 15) is 12.8 Å². The monoisotopic (exact) mass is 312 g/mol. The molecule has 0 aliphatic rings. The molecule has 0 radical (unpaired) electrons. The number of hydrogen-bond acceptors (Lipinski definition) is 3. The van der Waals surface area contributed by atoms with Crippen LogP contribution in [0.3, 0.4) is 0 Å². The Morgan fingerprint density at radius 1 is 1.33 bits per heavy atom. The van der Waals surface area contributed by atoms with Gasteiger partial charge in [-0.1, -0.05) is 0 Å². The molecule has 1 aromatic heterocycles. The molecule has 0 spiro atoms. The minimum atomic E-state index is -4.21. The summed E-state index contributed by atoms with van der Waals surface area (Å²) in [5.74, 6) is -0.272. The maximum Gasteiger partial charge on any atom is 0.296 e. The molecule has 0 bridgehead atoms. The Kier molecular flexibility index (Phi) is 4.34. The van der Waals surface area contributed by atoms with Gasteiger partial charge in [-0.2, -0.15) is 8.42 Å². The highest BCUT2D eigenvalue weighted by Crippen LogP contribution is 2.18. The van der Waals surface area contributed by atoms with Gasteiger partial charge >= 0.3 is 0 Å². The number of halogens is 1. The number of nitrogens with zero attached hydrogens (tertiary/aromatic N) is 1. The summed E-state index contributed by atoms with van der Waals surface area (Å²) >= 11 is 0. The van der Waals surface area contributed by atoms with E-state index in [1.54, 1.807) is 23.6 Å². The van der Waals surface area contributed by atoms with Gasteiger partial charge in [0, 0.05) is 24.1 Å². The fraction of sp³-hybridized carbons (Fsp3) is 0.286. The first-order valence-corrected chi connectivity index (χ1v) is 7.92. The second kappa shape index (κ2) is 5.87. The molecule has 0 atom stereocenters. The van der Waals surface area contributed by atoms with Gasteiger partial charge in [0.05, 0.1) is 6.54 Å². The number of rotatable bonds is 5. The highest BCUT2D eigenvalue weighted by Gasteiger charge is 2.14. The molecule has 1 heterocycles. The van der Waals surface area contributed by atoms with Gasteiger partial charge in [0.25, 0.3) is 10.1 Å². The zero-order valence-electron chi connectivity index (χ0n) is 11.8. The minimum absolute atomic E-state index is 0.128. The summed E-state index contributed by atoms with van der Waals surface area (Å²) in [7, 11) is -4.21. The van der Waals surface area contributed by atoms with E-state index >= 15 is 0 Å². The molecule has 0 aliphatic heterocycles. The van der Waals surface area contributed by atoms with Crippen LogP contribution in [0.15, 0.2) is 35.4 Å². The Bertz CT molecular complexity index is 754. The molecule has 2 aromatic rings. The first-order chi connectivity index (χ1) is 9.81. The lowest BCUT2D eigenvalue weighted by atomic mass is 10.2. The summed E-state index contributed by atoms with van der Waals surface area (Å²) in [4.78, 5) is -0.128. The largest absolute Gasteiger partial charge is 0.379 e. The van der Waals surface area contributed by atoms with Crippen LogP contribution >= 0.6 is 0 Å². The molecule has 2 rings (SSSR count). The molecule has 5 nitrogen and oxygen atoms in total. The SMILES string of the molecule is CCn1cc(S(=O)(=O)O)cc1CNc1ccc(F)c(C)c1. The van der Waals surface area contributed by atoms with Crippen LogP contribution in [0.1, 0.15) is 18.2 Å². The Hall–Kier alpha value is -1.86. The van der Waals surface area contributed by atoms with Gasteiger partial charge in [-0.3, -0.25) is 4.55 Å². The van der Waals surface area contributed by atoms with E-state index in [0.717, 1.165) is 5.69 Å². The number of nitrogens with one attached hydrogen (secondary N) is 1. The van der Waals surface area contributed by atoms with Crippen molar-refractivity contribution in [1.82, 2.24) is 4.57 Å². The lowest BCUT2D eigenvalue weighted by Crippen LogP contribution is -2.06. The molecular weight excluding hydrogens is 295 g/mol. The van der Waals surface area contributed by atoms with E-state index in [-0.39, 0.29) is 10.7 Å². The van der Waals surface area contributed by atoms with Crippen LogP contribution in [0.2, 0.25) is 0 Å². The summed E-state index contributed by atoms with van der Waals surface area (Å²) in [6, 6.07) is 6.09. The second-order valence-corrected chi connectivity index (χ2v) is 6.17. The normalized spacial score (nSPS) is 11.6. The van der Waals surface area contributed by atoms with E-state index in [2.05, 4.69) is 5.32 Å². The third-order valence-corrected chi connectivity index (χ3v) is 4.05. The Morgan fingerprint density at radius 2 is 2.05 bits per heavy atom. The summed E-state index contributed by atoms with van der Waals surface area (Å²) in [6.45, 7) is 4.49. The lowest BCUT2D eigenvalue weighted by molar-refractivity contribution is 0.483. The van der Waals surface area contributed by atoms with E-state index in [1.165, 1.54) is 18.3 Å². The summed E-state index contributed by atoms with van der Waals surface area (Å²) in [5, 5.41) is 3.10. The molecule has 0 saturated heterocycles. The fourth-order valence-electron chi connectivity index (χ4n) is 2.06. The summed E-state index contributed by atoms with van der Waals surface area (Å²) in [6.07, 6.45) is 1.39. The molecule has 7 heteroatoms. The van der Waals surface area contributed by atoms with Crippen LogP contribution in [0.25, 0.3) is 0 Å². The van der Waals surface area contributed by atoms with Crippen molar-refractivity contribution in [1.29, 1.82) is 0 Å². The molecule has 2 N–H and O–H groups in total. The Labute approximate surface area is 123 Å². The minimum Gasteiger partial charge on any atom is -0.379 e. The van der Waals surface area contributed by atoms with Crippen molar-refractivity contribution in [3.8, 4) is 0 Å². The smallest absolute Gasteiger partial charge is 0.296 e. The van der Waals surface area contributed by atoms with Crippen LogP contribution in [-0.4, -0.2) is 17.5 Å². The molecule has 0 aliphatic carbocycles. The van der Waals surface area contributed by atoms with Crippen LogP contribution in [0.5, 0.6) is 0 Å².